The van der Waals surface area contributed by atoms with E-state index in [-0.39, 0.29) is 36.0 Å². The van der Waals surface area contributed by atoms with Gasteiger partial charge in [0.25, 0.3) is 5.91 Å². The number of carbonyl (C=O) groups excluding carboxylic acids is 2. The van der Waals surface area contributed by atoms with Crippen LogP contribution in [0.25, 0.3) is 0 Å². The first-order valence-corrected chi connectivity index (χ1v) is 3.54. The zero-order chi connectivity index (χ0) is 9.84. The summed E-state index contributed by atoms with van der Waals surface area (Å²) in [5, 5.41) is 12.7. The normalized spacial score (nSPS) is 8.64. The predicted molar refractivity (Wildman–Crippen MR) is 42.0 cm³/mol. The van der Waals surface area contributed by atoms with Crippen molar-refractivity contribution in [1.82, 2.24) is 10.3 Å². The van der Waals surface area contributed by atoms with Crippen molar-refractivity contribution in [3.63, 3.8) is 0 Å². The Kier molecular flexibility index (Phi) is 4.92. The van der Waals surface area contributed by atoms with E-state index in [4.69, 9.17) is 0 Å². The Morgan fingerprint density at radius 1 is 1.43 bits per heavy atom. The molecule has 0 atom stereocenters. The second kappa shape index (κ2) is 5.42. The molecule has 0 aliphatic rings. The quantitative estimate of drug-likeness (QED) is 0.475. The zero-order valence-electron chi connectivity index (χ0n) is 7.90. The van der Waals surface area contributed by atoms with Gasteiger partial charge in [-0.25, -0.2) is 0 Å². The molecule has 0 radical (unpaired) electrons. The minimum atomic E-state index is -1.31. The molecule has 0 unspecified atom stereocenters. The van der Waals surface area contributed by atoms with Gasteiger partial charge in [-0.3, -0.25) is 9.78 Å². The summed E-state index contributed by atoms with van der Waals surface area (Å²) in [5.41, 5.74) is 0.125. The van der Waals surface area contributed by atoms with Gasteiger partial charge in [-0.15, -0.1) is 0 Å². The summed E-state index contributed by atoms with van der Waals surface area (Å²) in [6.45, 7) is 0. The summed E-state index contributed by atoms with van der Waals surface area (Å²) < 4.78 is 0. The summed E-state index contributed by atoms with van der Waals surface area (Å²) in [6.07, 6.45) is 1.08. The molecule has 0 spiro atoms. The molecular formula is C8H7LiN2O3. The summed E-state index contributed by atoms with van der Waals surface area (Å²) >= 11 is 0. The monoisotopic (exact) mass is 186 g/mol. The van der Waals surface area contributed by atoms with E-state index in [2.05, 4.69) is 10.3 Å². The van der Waals surface area contributed by atoms with E-state index in [0.717, 1.165) is 6.20 Å². The second-order valence-corrected chi connectivity index (χ2v) is 2.30. The summed E-state index contributed by atoms with van der Waals surface area (Å²) in [7, 11) is 1.47. The van der Waals surface area contributed by atoms with Gasteiger partial charge in [-0.05, 0) is 12.1 Å². The van der Waals surface area contributed by atoms with E-state index in [1.807, 2.05) is 0 Å². The number of pyridine rings is 1. The maximum absolute atomic E-state index is 11.0. The van der Waals surface area contributed by atoms with E-state index in [1.165, 1.54) is 19.2 Å². The van der Waals surface area contributed by atoms with Crippen LogP contribution in [0.5, 0.6) is 0 Å². The number of nitrogens with one attached hydrogen (secondary N) is 1. The van der Waals surface area contributed by atoms with Crippen molar-refractivity contribution in [2.24, 2.45) is 0 Å². The fourth-order valence-corrected chi connectivity index (χ4v) is 0.777. The number of carboxylic acid groups (broad SMARTS) is 1. The molecule has 14 heavy (non-hydrogen) atoms. The van der Waals surface area contributed by atoms with Crippen molar-refractivity contribution < 1.29 is 33.6 Å². The van der Waals surface area contributed by atoms with Gasteiger partial charge in [0.1, 0.15) is 5.69 Å². The molecule has 0 bridgehead atoms. The Labute approximate surface area is 92.7 Å². The molecule has 0 saturated carbocycles. The first kappa shape index (κ1) is 12.7. The third kappa shape index (κ3) is 2.87. The van der Waals surface area contributed by atoms with Crippen LogP contribution in [-0.2, 0) is 0 Å². The van der Waals surface area contributed by atoms with Crippen LogP contribution in [0.3, 0.4) is 0 Å². The van der Waals surface area contributed by atoms with E-state index < -0.39 is 5.97 Å². The van der Waals surface area contributed by atoms with Crippen LogP contribution in [0, 0.1) is 0 Å². The van der Waals surface area contributed by atoms with Crippen molar-refractivity contribution in [3.8, 4) is 0 Å². The largest absolute Gasteiger partial charge is 1.00 e. The average Bonchev–Trinajstić information content (AvgIpc) is 2.17. The molecule has 1 aromatic heterocycles. The number of nitrogens with zero attached hydrogens (tertiary/aromatic N) is 1. The standard InChI is InChI=1S/C8H8N2O3.Li/c1-9-7(11)6-3-2-5(4-10-6)8(12)13;/h2-4H,1H3,(H,9,11)(H,12,13);/q;+1/p-1. The smallest absolute Gasteiger partial charge is 0.545 e. The Hall–Kier alpha value is -1.31. The van der Waals surface area contributed by atoms with Gasteiger partial charge in [-0.2, -0.15) is 0 Å². The molecule has 1 heterocycles. The fraction of sp³-hybridized carbons (Fsp3) is 0.125. The van der Waals surface area contributed by atoms with Crippen LogP contribution >= 0.6 is 0 Å². The van der Waals surface area contributed by atoms with Gasteiger partial charge in [0.05, 0.1) is 5.97 Å². The molecular weight excluding hydrogens is 179 g/mol. The van der Waals surface area contributed by atoms with Crippen molar-refractivity contribution in [2.45, 2.75) is 0 Å². The summed E-state index contributed by atoms with van der Waals surface area (Å²) in [5.74, 6) is -1.67. The maximum atomic E-state index is 11.0. The average molecular weight is 186 g/mol. The summed E-state index contributed by atoms with van der Waals surface area (Å²) in [6, 6.07) is 2.59. The maximum Gasteiger partial charge on any atom is 1.00 e. The van der Waals surface area contributed by atoms with Crippen molar-refractivity contribution >= 4 is 11.9 Å². The topological polar surface area (TPSA) is 82.1 Å². The molecule has 0 aliphatic carbocycles. The van der Waals surface area contributed by atoms with Crippen molar-refractivity contribution in [2.75, 3.05) is 7.05 Å². The third-order valence-electron chi connectivity index (χ3n) is 1.46. The number of aromatic carboxylic acids is 1. The van der Waals surface area contributed by atoms with Gasteiger partial charge in [0.15, 0.2) is 0 Å². The number of hydrogen-bond donors (Lipinski definition) is 1. The molecule has 1 aromatic rings. The van der Waals surface area contributed by atoms with Crippen LogP contribution in [-0.4, -0.2) is 23.9 Å². The number of rotatable bonds is 2. The number of amides is 1. The fourth-order valence-electron chi connectivity index (χ4n) is 0.777. The van der Waals surface area contributed by atoms with Crippen LogP contribution < -0.4 is 29.3 Å². The van der Waals surface area contributed by atoms with E-state index in [1.54, 1.807) is 0 Å². The number of carboxylic acids is 1. The molecule has 1 amide bonds. The van der Waals surface area contributed by atoms with Gasteiger partial charge in [0.2, 0.25) is 0 Å². The van der Waals surface area contributed by atoms with Gasteiger partial charge in [0, 0.05) is 18.8 Å². The van der Waals surface area contributed by atoms with Crippen LogP contribution in [0.2, 0.25) is 0 Å². The van der Waals surface area contributed by atoms with Gasteiger partial charge < -0.3 is 15.2 Å². The first-order valence-electron chi connectivity index (χ1n) is 3.54. The van der Waals surface area contributed by atoms with Crippen molar-refractivity contribution in [1.29, 1.82) is 0 Å². The Morgan fingerprint density at radius 2 is 2.07 bits per heavy atom. The molecule has 0 fully saturated rings. The Balaban J connectivity index is 0.00000169. The molecule has 0 aliphatic heterocycles. The Bertz CT molecular complexity index is 337. The van der Waals surface area contributed by atoms with Crippen LogP contribution in [0.4, 0.5) is 0 Å². The number of aromatic nitrogens is 1. The van der Waals surface area contributed by atoms with Crippen LogP contribution in [0.1, 0.15) is 20.8 Å². The molecule has 0 saturated heterocycles. The SMILES string of the molecule is CNC(=O)c1ccc(C(=O)[O-])cn1.[Li+]. The molecule has 0 aromatic carbocycles. The minimum absolute atomic E-state index is 0. The number of hydrogen-bond acceptors (Lipinski definition) is 4. The van der Waals surface area contributed by atoms with E-state index >= 15 is 0 Å². The van der Waals surface area contributed by atoms with E-state index in [9.17, 15) is 14.7 Å². The number of carbonyl (C=O) groups is 2. The molecule has 68 valence electrons. The molecule has 1 N–H and O–H groups in total. The van der Waals surface area contributed by atoms with Gasteiger partial charge in [-0.1, -0.05) is 0 Å². The van der Waals surface area contributed by atoms with E-state index in [0.29, 0.717) is 0 Å². The minimum Gasteiger partial charge on any atom is -0.545 e. The Morgan fingerprint density at radius 3 is 2.43 bits per heavy atom. The predicted octanol–water partition coefficient (Wildman–Crippen LogP) is -4.19. The van der Waals surface area contributed by atoms with Crippen LogP contribution in [0.15, 0.2) is 18.3 Å². The molecule has 1 rings (SSSR count). The third-order valence-corrected chi connectivity index (χ3v) is 1.46. The molecule has 5 nitrogen and oxygen atoms in total. The van der Waals surface area contributed by atoms with Crippen molar-refractivity contribution in [3.05, 3.63) is 29.6 Å². The zero-order valence-corrected chi connectivity index (χ0v) is 7.90. The second-order valence-electron chi connectivity index (χ2n) is 2.30. The van der Waals surface area contributed by atoms with Gasteiger partial charge >= 0.3 is 18.9 Å². The summed E-state index contributed by atoms with van der Waals surface area (Å²) in [4.78, 5) is 24.9. The molecule has 6 heteroatoms. The first-order chi connectivity index (χ1) is 6.15.